The maximum atomic E-state index is 3.32. The van der Waals surface area contributed by atoms with Gasteiger partial charge in [-0.3, -0.25) is 0 Å². The molecule has 2 heteroatoms. The molecule has 0 spiro atoms. The summed E-state index contributed by atoms with van der Waals surface area (Å²) in [7, 11) is 2.06. The number of hydrogen-bond acceptors (Lipinski definition) is 2. The van der Waals surface area contributed by atoms with Gasteiger partial charge in [0.2, 0.25) is 0 Å². The molecule has 0 radical (unpaired) electrons. The molecule has 82 valence electrons. The van der Waals surface area contributed by atoms with Crippen LogP contribution in [-0.4, -0.2) is 37.1 Å². The summed E-state index contributed by atoms with van der Waals surface area (Å²) in [5.74, 6) is 1.06. The van der Waals surface area contributed by atoms with Gasteiger partial charge in [0.1, 0.15) is 0 Å². The van der Waals surface area contributed by atoms with Crippen LogP contribution in [0.15, 0.2) is 0 Å². The third-order valence-electron chi connectivity index (χ3n) is 3.60. The Bertz CT molecular complexity index is 173. The van der Waals surface area contributed by atoms with Crippen molar-refractivity contribution in [1.29, 1.82) is 0 Å². The van der Waals surface area contributed by atoms with E-state index in [9.17, 15) is 0 Å². The molecule has 0 aromatic rings. The largest absolute Gasteiger partial charge is 0.317 e. The van der Waals surface area contributed by atoms with Crippen molar-refractivity contribution in [3.8, 4) is 0 Å². The molecule has 2 aliphatic carbocycles. The highest BCUT2D eigenvalue weighted by atomic mass is 15.2. The molecule has 1 atom stereocenters. The van der Waals surface area contributed by atoms with Crippen LogP contribution in [-0.2, 0) is 0 Å². The van der Waals surface area contributed by atoms with Crippen LogP contribution >= 0.6 is 0 Å². The fourth-order valence-electron chi connectivity index (χ4n) is 2.00. The van der Waals surface area contributed by atoms with E-state index in [0.29, 0.717) is 6.04 Å². The first-order valence-electron chi connectivity index (χ1n) is 6.21. The summed E-state index contributed by atoms with van der Waals surface area (Å²) >= 11 is 0. The Balaban J connectivity index is 1.67. The second kappa shape index (κ2) is 4.63. The molecular weight excluding hydrogens is 172 g/mol. The van der Waals surface area contributed by atoms with Gasteiger partial charge in [-0.1, -0.05) is 0 Å². The first-order chi connectivity index (χ1) is 6.79. The number of nitrogens with zero attached hydrogens (tertiary/aromatic N) is 1. The second-order valence-corrected chi connectivity index (χ2v) is 5.15. The fourth-order valence-corrected chi connectivity index (χ4v) is 2.00. The molecular formula is C12H24N2. The van der Waals surface area contributed by atoms with E-state index in [1.54, 1.807) is 0 Å². The smallest absolute Gasteiger partial charge is 0.00965 e. The number of hydrogen-bond donors (Lipinski definition) is 1. The summed E-state index contributed by atoms with van der Waals surface area (Å²) in [6.07, 6.45) is 7.20. The zero-order valence-electron chi connectivity index (χ0n) is 9.63. The molecule has 2 fully saturated rings. The zero-order chi connectivity index (χ0) is 9.97. The van der Waals surface area contributed by atoms with Gasteiger partial charge in [0, 0.05) is 18.6 Å². The Morgan fingerprint density at radius 2 is 2.00 bits per heavy atom. The molecule has 0 amide bonds. The zero-order valence-corrected chi connectivity index (χ0v) is 9.63. The second-order valence-electron chi connectivity index (χ2n) is 5.15. The van der Waals surface area contributed by atoms with Crippen LogP contribution in [0.4, 0.5) is 0 Å². The SMILES string of the molecule is CNC(C)CCN(CC1CC1)C1CC1. The van der Waals surface area contributed by atoms with Crippen molar-refractivity contribution in [3.63, 3.8) is 0 Å². The lowest BCUT2D eigenvalue weighted by atomic mass is 10.2. The lowest BCUT2D eigenvalue weighted by Gasteiger charge is -2.23. The highest BCUT2D eigenvalue weighted by Gasteiger charge is 2.33. The van der Waals surface area contributed by atoms with Crippen LogP contribution in [0.25, 0.3) is 0 Å². The third kappa shape index (κ3) is 3.25. The molecule has 2 saturated carbocycles. The molecule has 0 saturated heterocycles. The normalized spacial score (nSPS) is 24.2. The monoisotopic (exact) mass is 196 g/mol. The Labute approximate surface area is 88.1 Å². The number of rotatable bonds is 7. The van der Waals surface area contributed by atoms with E-state index in [-0.39, 0.29) is 0 Å². The molecule has 1 N–H and O–H groups in total. The quantitative estimate of drug-likeness (QED) is 0.668. The predicted octanol–water partition coefficient (Wildman–Crippen LogP) is 1.86. The molecule has 0 aromatic carbocycles. The Morgan fingerprint density at radius 3 is 2.50 bits per heavy atom. The highest BCUT2D eigenvalue weighted by Crippen LogP contribution is 2.34. The van der Waals surface area contributed by atoms with Crippen LogP contribution in [0.1, 0.15) is 39.0 Å². The van der Waals surface area contributed by atoms with E-state index >= 15 is 0 Å². The Hall–Kier alpha value is -0.0800. The molecule has 2 rings (SSSR count). The lowest BCUT2D eigenvalue weighted by molar-refractivity contribution is 0.241. The summed E-state index contributed by atoms with van der Waals surface area (Å²) in [5, 5.41) is 3.32. The van der Waals surface area contributed by atoms with Crippen molar-refractivity contribution in [2.45, 2.75) is 51.1 Å². The van der Waals surface area contributed by atoms with E-state index in [0.717, 1.165) is 12.0 Å². The average Bonchev–Trinajstić information content (AvgIpc) is 3.02. The molecule has 0 heterocycles. The third-order valence-corrected chi connectivity index (χ3v) is 3.60. The van der Waals surface area contributed by atoms with Gasteiger partial charge in [0.05, 0.1) is 0 Å². The predicted molar refractivity (Wildman–Crippen MR) is 60.5 cm³/mol. The fraction of sp³-hybridized carbons (Fsp3) is 1.00. The van der Waals surface area contributed by atoms with Gasteiger partial charge in [0.25, 0.3) is 0 Å². The van der Waals surface area contributed by atoms with Crippen molar-refractivity contribution >= 4 is 0 Å². The minimum Gasteiger partial charge on any atom is -0.317 e. The highest BCUT2D eigenvalue weighted by molar-refractivity contribution is 4.88. The van der Waals surface area contributed by atoms with Crippen molar-refractivity contribution in [3.05, 3.63) is 0 Å². The van der Waals surface area contributed by atoms with Crippen molar-refractivity contribution in [1.82, 2.24) is 10.2 Å². The van der Waals surface area contributed by atoms with E-state index in [4.69, 9.17) is 0 Å². The molecule has 0 bridgehead atoms. The maximum Gasteiger partial charge on any atom is 0.00965 e. The molecule has 0 aliphatic heterocycles. The molecule has 1 unspecified atom stereocenters. The van der Waals surface area contributed by atoms with Gasteiger partial charge in [-0.2, -0.15) is 0 Å². The van der Waals surface area contributed by atoms with E-state index in [1.165, 1.54) is 45.2 Å². The number of nitrogens with one attached hydrogen (secondary N) is 1. The first-order valence-corrected chi connectivity index (χ1v) is 6.21. The molecule has 14 heavy (non-hydrogen) atoms. The van der Waals surface area contributed by atoms with Crippen LogP contribution < -0.4 is 5.32 Å². The van der Waals surface area contributed by atoms with Gasteiger partial charge < -0.3 is 10.2 Å². The molecule has 2 aliphatic rings. The Kier molecular flexibility index (Phi) is 3.45. The van der Waals surface area contributed by atoms with Gasteiger partial charge in [-0.25, -0.2) is 0 Å². The van der Waals surface area contributed by atoms with Gasteiger partial charge in [-0.05, 0) is 58.5 Å². The minimum atomic E-state index is 0.676. The van der Waals surface area contributed by atoms with Crippen LogP contribution in [0, 0.1) is 5.92 Å². The van der Waals surface area contributed by atoms with Crippen LogP contribution in [0.3, 0.4) is 0 Å². The first kappa shape index (κ1) is 10.4. The van der Waals surface area contributed by atoms with E-state index in [2.05, 4.69) is 24.2 Å². The summed E-state index contributed by atoms with van der Waals surface area (Å²) in [4.78, 5) is 2.74. The van der Waals surface area contributed by atoms with Crippen LogP contribution in [0.2, 0.25) is 0 Å². The lowest BCUT2D eigenvalue weighted by Crippen LogP contribution is -2.33. The van der Waals surface area contributed by atoms with Gasteiger partial charge in [0.15, 0.2) is 0 Å². The summed E-state index contributed by atoms with van der Waals surface area (Å²) in [6.45, 7) is 4.98. The van der Waals surface area contributed by atoms with Crippen molar-refractivity contribution < 1.29 is 0 Å². The van der Waals surface area contributed by atoms with E-state index < -0.39 is 0 Å². The van der Waals surface area contributed by atoms with Crippen molar-refractivity contribution in [2.24, 2.45) is 5.92 Å². The average molecular weight is 196 g/mol. The molecule has 0 aromatic heterocycles. The van der Waals surface area contributed by atoms with Gasteiger partial charge in [-0.15, -0.1) is 0 Å². The summed E-state index contributed by atoms with van der Waals surface area (Å²) in [5.41, 5.74) is 0. The van der Waals surface area contributed by atoms with Gasteiger partial charge >= 0.3 is 0 Å². The standard InChI is InChI=1S/C12H24N2/c1-10(13-2)7-8-14(12-5-6-12)9-11-3-4-11/h10-13H,3-9H2,1-2H3. The summed E-state index contributed by atoms with van der Waals surface area (Å²) in [6, 6.07) is 1.63. The Morgan fingerprint density at radius 1 is 1.29 bits per heavy atom. The maximum absolute atomic E-state index is 3.32. The topological polar surface area (TPSA) is 15.3 Å². The summed E-state index contributed by atoms with van der Waals surface area (Å²) < 4.78 is 0. The van der Waals surface area contributed by atoms with Crippen molar-refractivity contribution in [2.75, 3.05) is 20.1 Å². The molecule has 2 nitrogen and oxygen atoms in total. The minimum absolute atomic E-state index is 0.676. The van der Waals surface area contributed by atoms with E-state index in [1.807, 2.05) is 0 Å². The van der Waals surface area contributed by atoms with Crippen LogP contribution in [0.5, 0.6) is 0 Å².